The summed E-state index contributed by atoms with van der Waals surface area (Å²) in [5.41, 5.74) is 2.83. The van der Waals surface area contributed by atoms with E-state index in [1.807, 2.05) is 60.7 Å². The Balaban J connectivity index is 1.47. The van der Waals surface area contributed by atoms with Crippen LogP contribution in [0.25, 0.3) is 0 Å². The highest BCUT2D eigenvalue weighted by Gasteiger charge is 2.21. The second-order valence-corrected chi connectivity index (χ2v) is 8.08. The van der Waals surface area contributed by atoms with Crippen LogP contribution in [-0.4, -0.2) is 32.7 Å². The fourth-order valence-electron chi connectivity index (χ4n) is 3.50. The summed E-state index contributed by atoms with van der Waals surface area (Å²) in [6.45, 7) is 3.80. The molecule has 0 aromatic heterocycles. The summed E-state index contributed by atoms with van der Waals surface area (Å²) in [6.07, 6.45) is 0. The molecule has 1 aliphatic heterocycles. The molecule has 1 fully saturated rings. The van der Waals surface area contributed by atoms with E-state index in [4.69, 9.17) is 21.1 Å². The molecule has 1 saturated heterocycles. The number of carbonyl (C=O) groups excluding carboxylic acids is 1. The summed E-state index contributed by atoms with van der Waals surface area (Å²) in [6, 6.07) is 23.0. The first-order valence-corrected chi connectivity index (χ1v) is 10.6. The van der Waals surface area contributed by atoms with Gasteiger partial charge in [0.1, 0.15) is 11.5 Å². The van der Waals surface area contributed by atoms with Crippen molar-refractivity contribution in [1.82, 2.24) is 5.32 Å². The summed E-state index contributed by atoms with van der Waals surface area (Å²) in [5, 5.41) is 4.02. The third-order valence-electron chi connectivity index (χ3n) is 5.34. The van der Waals surface area contributed by atoms with E-state index < -0.39 is 0 Å². The van der Waals surface area contributed by atoms with Crippen molar-refractivity contribution in [1.29, 1.82) is 0 Å². The smallest absolute Gasteiger partial charge is 0.337 e. The van der Waals surface area contributed by atoms with Gasteiger partial charge >= 0.3 is 5.97 Å². The fourth-order valence-corrected chi connectivity index (χ4v) is 3.62. The van der Waals surface area contributed by atoms with Crippen molar-refractivity contribution >= 4 is 23.3 Å². The van der Waals surface area contributed by atoms with Gasteiger partial charge in [-0.05, 0) is 66.2 Å². The van der Waals surface area contributed by atoms with E-state index in [-0.39, 0.29) is 5.97 Å². The van der Waals surface area contributed by atoms with E-state index in [0.717, 1.165) is 48.9 Å². The van der Waals surface area contributed by atoms with Crippen LogP contribution < -0.4 is 15.0 Å². The zero-order valence-electron chi connectivity index (χ0n) is 17.4. The number of esters is 1. The van der Waals surface area contributed by atoms with Crippen molar-refractivity contribution in [2.45, 2.75) is 6.54 Å². The van der Waals surface area contributed by atoms with Gasteiger partial charge in [0.05, 0.1) is 12.7 Å². The van der Waals surface area contributed by atoms with E-state index in [1.165, 1.54) is 7.11 Å². The van der Waals surface area contributed by atoms with Crippen LogP contribution in [0.2, 0.25) is 5.02 Å². The molecular formula is C25H25ClN2O3. The van der Waals surface area contributed by atoms with Crippen molar-refractivity contribution in [2.24, 2.45) is 5.92 Å². The van der Waals surface area contributed by atoms with Crippen LogP contribution in [0.5, 0.6) is 11.5 Å². The molecule has 0 unspecified atom stereocenters. The molecule has 0 saturated carbocycles. The molecule has 1 heterocycles. The van der Waals surface area contributed by atoms with Crippen molar-refractivity contribution in [2.75, 3.05) is 31.6 Å². The maximum Gasteiger partial charge on any atom is 0.337 e. The molecule has 0 atom stereocenters. The third-order valence-corrected chi connectivity index (χ3v) is 5.60. The third kappa shape index (κ3) is 5.57. The number of ether oxygens (including phenoxy) is 2. The molecule has 0 bridgehead atoms. The topological polar surface area (TPSA) is 50.8 Å². The van der Waals surface area contributed by atoms with Gasteiger partial charge < -0.3 is 19.7 Å². The monoisotopic (exact) mass is 436 g/mol. The quantitative estimate of drug-likeness (QED) is 0.495. The van der Waals surface area contributed by atoms with Gasteiger partial charge in [-0.25, -0.2) is 4.79 Å². The highest BCUT2D eigenvalue weighted by Crippen LogP contribution is 2.27. The van der Waals surface area contributed by atoms with E-state index in [2.05, 4.69) is 22.3 Å². The summed E-state index contributed by atoms with van der Waals surface area (Å²) in [7, 11) is 1.39. The van der Waals surface area contributed by atoms with Crippen LogP contribution in [0.4, 0.5) is 5.69 Å². The molecule has 5 nitrogen and oxygen atoms in total. The van der Waals surface area contributed by atoms with Crippen molar-refractivity contribution in [3.63, 3.8) is 0 Å². The van der Waals surface area contributed by atoms with Gasteiger partial charge in [0.15, 0.2) is 0 Å². The molecule has 6 heteroatoms. The first kappa shape index (κ1) is 21.2. The number of nitrogens with zero attached hydrogens (tertiary/aromatic N) is 1. The standard InChI is InChI=1S/C25H25ClN2O3/c1-30-25(29)20-4-2-18(3-5-20)16-28(17-19-14-27-15-19)22-8-12-24(13-9-22)31-23-10-6-21(26)7-11-23/h2-13,19,27H,14-17H2,1H3. The van der Waals surface area contributed by atoms with Crippen molar-refractivity contribution in [3.05, 3.63) is 88.9 Å². The lowest BCUT2D eigenvalue weighted by Crippen LogP contribution is -2.48. The fraction of sp³-hybridized carbons (Fsp3) is 0.240. The van der Waals surface area contributed by atoms with E-state index in [1.54, 1.807) is 0 Å². The Hall–Kier alpha value is -3.02. The van der Waals surface area contributed by atoms with Crippen molar-refractivity contribution < 1.29 is 14.3 Å². The number of benzene rings is 3. The average Bonchev–Trinajstić information content (AvgIpc) is 2.77. The van der Waals surface area contributed by atoms with E-state index in [9.17, 15) is 4.79 Å². The Bertz CT molecular complexity index is 1000. The first-order valence-electron chi connectivity index (χ1n) is 10.3. The predicted octanol–water partition coefficient (Wildman–Crippen LogP) is 5.14. The van der Waals surface area contributed by atoms with Crippen molar-refractivity contribution in [3.8, 4) is 11.5 Å². The largest absolute Gasteiger partial charge is 0.465 e. The second kappa shape index (κ2) is 9.86. The van der Waals surface area contributed by atoms with E-state index in [0.29, 0.717) is 16.5 Å². The normalized spacial score (nSPS) is 13.4. The first-order chi connectivity index (χ1) is 15.1. The molecule has 31 heavy (non-hydrogen) atoms. The molecule has 0 spiro atoms. The average molecular weight is 437 g/mol. The number of nitrogens with one attached hydrogen (secondary N) is 1. The second-order valence-electron chi connectivity index (χ2n) is 7.64. The number of hydrogen-bond acceptors (Lipinski definition) is 5. The molecule has 0 amide bonds. The van der Waals surface area contributed by atoms with Crippen LogP contribution in [0, 0.1) is 5.92 Å². The van der Waals surface area contributed by atoms with Gasteiger partial charge in [0.25, 0.3) is 0 Å². The Morgan fingerprint density at radius 3 is 2.13 bits per heavy atom. The number of anilines is 1. The van der Waals surface area contributed by atoms with E-state index >= 15 is 0 Å². The highest BCUT2D eigenvalue weighted by molar-refractivity contribution is 6.30. The molecule has 3 aromatic rings. The van der Waals surface area contributed by atoms with Gasteiger partial charge in [-0.1, -0.05) is 23.7 Å². The van der Waals surface area contributed by atoms with Crippen LogP contribution in [0.1, 0.15) is 15.9 Å². The molecule has 160 valence electrons. The highest BCUT2D eigenvalue weighted by atomic mass is 35.5. The maximum atomic E-state index is 11.7. The lowest BCUT2D eigenvalue weighted by atomic mass is 10.0. The van der Waals surface area contributed by atoms with Gasteiger partial charge in [-0.2, -0.15) is 0 Å². The van der Waals surface area contributed by atoms with Gasteiger partial charge in [0.2, 0.25) is 0 Å². The molecule has 0 radical (unpaired) electrons. The number of methoxy groups -OCH3 is 1. The number of halogens is 1. The number of hydrogen-bond donors (Lipinski definition) is 1. The summed E-state index contributed by atoms with van der Waals surface area (Å²) in [5.74, 6) is 1.83. The van der Waals surface area contributed by atoms with Crippen LogP contribution in [0.3, 0.4) is 0 Å². The zero-order valence-corrected chi connectivity index (χ0v) is 18.1. The Morgan fingerprint density at radius 1 is 0.968 bits per heavy atom. The SMILES string of the molecule is COC(=O)c1ccc(CN(CC2CNC2)c2ccc(Oc3ccc(Cl)cc3)cc2)cc1. The molecule has 0 aliphatic carbocycles. The Kier molecular flexibility index (Phi) is 6.75. The predicted molar refractivity (Wildman–Crippen MR) is 123 cm³/mol. The summed E-state index contributed by atoms with van der Waals surface area (Å²) in [4.78, 5) is 14.0. The van der Waals surface area contributed by atoms with Gasteiger partial charge in [-0.3, -0.25) is 0 Å². The molecule has 1 aliphatic rings. The lowest BCUT2D eigenvalue weighted by molar-refractivity contribution is 0.0600. The number of rotatable bonds is 8. The van der Waals surface area contributed by atoms with Crippen LogP contribution >= 0.6 is 11.6 Å². The molecule has 4 rings (SSSR count). The van der Waals surface area contributed by atoms with Crippen LogP contribution in [0.15, 0.2) is 72.8 Å². The molecule has 3 aromatic carbocycles. The summed E-state index contributed by atoms with van der Waals surface area (Å²) >= 11 is 5.94. The Labute approximate surface area is 187 Å². The zero-order chi connectivity index (χ0) is 21.6. The minimum absolute atomic E-state index is 0.319. The minimum atomic E-state index is -0.319. The van der Waals surface area contributed by atoms with Gasteiger partial charge in [0, 0.05) is 42.8 Å². The van der Waals surface area contributed by atoms with Gasteiger partial charge in [-0.15, -0.1) is 0 Å². The molecule has 1 N–H and O–H groups in total. The maximum absolute atomic E-state index is 11.7. The number of carbonyl (C=O) groups is 1. The molecular weight excluding hydrogens is 412 g/mol. The summed E-state index contributed by atoms with van der Waals surface area (Å²) < 4.78 is 10.7. The lowest BCUT2D eigenvalue weighted by Gasteiger charge is -2.34. The minimum Gasteiger partial charge on any atom is -0.465 e. The van der Waals surface area contributed by atoms with Crippen LogP contribution in [-0.2, 0) is 11.3 Å². The Morgan fingerprint density at radius 2 is 1.58 bits per heavy atom.